The van der Waals surface area contributed by atoms with Gasteiger partial charge < -0.3 is 14.3 Å². The van der Waals surface area contributed by atoms with Crippen molar-refractivity contribution in [2.24, 2.45) is 7.05 Å². The molecule has 0 aliphatic carbocycles. The van der Waals surface area contributed by atoms with Gasteiger partial charge in [0.15, 0.2) is 21.4 Å². The van der Waals surface area contributed by atoms with E-state index in [-0.39, 0.29) is 22.0 Å². The molecule has 30 heavy (non-hydrogen) atoms. The van der Waals surface area contributed by atoms with Gasteiger partial charge in [-0.1, -0.05) is 6.07 Å². The molecule has 2 aromatic heterocycles. The highest BCUT2D eigenvalue weighted by atomic mass is 32.2. The van der Waals surface area contributed by atoms with Crippen LogP contribution < -0.4 is 10.3 Å². The van der Waals surface area contributed by atoms with E-state index in [4.69, 9.17) is 4.74 Å². The summed E-state index contributed by atoms with van der Waals surface area (Å²) in [5.74, 6) is -0.238. The zero-order valence-corrected chi connectivity index (χ0v) is 17.4. The molecule has 0 saturated carbocycles. The van der Waals surface area contributed by atoms with Gasteiger partial charge in [-0.15, -0.1) is 0 Å². The summed E-state index contributed by atoms with van der Waals surface area (Å²) in [5.41, 5.74) is 1.99. The molecule has 1 N–H and O–H groups in total. The molecule has 0 aliphatic heterocycles. The second kappa shape index (κ2) is 7.14. The molecule has 0 amide bonds. The minimum Gasteiger partial charge on any atom is -0.454 e. The zero-order valence-electron chi connectivity index (χ0n) is 16.6. The Balaban J connectivity index is 2.00. The Kier molecular flexibility index (Phi) is 4.74. The van der Waals surface area contributed by atoms with Gasteiger partial charge in [0.2, 0.25) is 0 Å². The second-order valence-corrected chi connectivity index (χ2v) is 9.21. The number of hydrogen-bond donors (Lipinski definition) is 1. The number of nitrogens with zero attached hydrogens (tertiary/aromatic N) is 1. The maximum absolute atomic E-state index is 14.3. The quantitative estimate of drug-likeness (QED) is 0.531. The van der Waals surface area contributed by atoms with Gasteiger partial charge in [-0.25, -0.2) is 12.8 Å². The first kappa shape index (κ1) is 19.9. The molecule has 4 aromatic rings. The summed E-state index contributed by atoms with van der Waals surface area (Å²) in [6, 6.07) is 10.6. The third kappa shape index (κ3) is 3.50. The highest BCUT2D eigenvalue weighted by Gasteiger charge is 2.19. The molecule has 0 atom stereocenters. The number of aromatic nitrogens is 2. The number of rotatable bonds is 4. The van der Waals surface area contributed by atoms with Crippen molar-refractivity contribution < 1.29 is 17.5 Å². The van der Waals surface area contributed by atoms with Crippen LogP contribution in [0.4, 0.5) is 4.39 Å². The molecule has 0 fully saturated rings. The van der Waals surface area contributed by atoms with E-state index < -0.39 is 15.7 Å². The van der Waals surface area contributed by atoms with Crippen molar-refractivity contribution in [2.75, 3.05) is 6.26 Å². The van der Waals surface area contributed by atoms with Crippen molar-refractivity contribution in [2.45, 2.75) is 11.8 Å². The number of ether oxygens (including phenoxy) is 1. The molecule has 0 radical (unpaired) electrons. The van der Waals surface area contributed by atoms with E-state index in [9.17, 15) is 17.6 Å². The summed E-state index contributed by atoms with van der Waals surface area (Å²) < 4.78 is 45.9. The molecular weight excluding hydrogens is 407 g/mol. The molecule has 0 spiro atoms. The average Bonchev–Trinajstić information content (AvgIpc) is 3.17. The molecule has 0 aliphatic rings. The number of nitrogens with one attached hydrogen (secondary N) is 1. The van der Waals surface area contributed by atoms with E-state index in [1.165, 1.54) is 28.8 Å². The van der Waals surface area contributed by atoms with Gasteiger partial charge in [-0.2, -0.15) is 0 Å². The van der Waals surface area contributed by atoms with Crippen LogP contribution >= 0.6 is 0 Å². The largest absolute Gasteiger partial charge is 0.454 e. The number of aryl methyl sites for hydroxylation is 2. The lowest BCUT2D eigenvalue weighted by Crippen LogP contribution is -2.16. The van der Waals surface area contributed by atoms with Crippen LogP contribution in [-0.4, -0.2) is 24.2 Å². The van der Waals surface area contributed by atoms with Crippen LogP contribution in [0.25, 0.3) is 22.0 Å². The Bertz CT molecular complexity index is 1450. The van der Waals surface area contributed by atoms with Crippen molar-refractivity contribution in [1.82, 2.24) is 9.55 Å². The number of fused-ring (bicyclic) bond motifs is 1. The molecule has 154 valence electrons. The fraction of sp³-hybridized carbons (Fsp3) is 0.136. The number of pyridine rings is 1. The Morgan fingerprint density at radius 1 is 1.03 bits per heavy atom. The summed E-state index contributed by atoms with van der Waals surface area (Å²) in [6.07, 6.45) is 4.36. The highest BCUT2D eigenvalue weighted by molar-refractivity contribution is 7.90. The Morgan fingerprint density at radius 2 is 1.80 bits per heavy atom. The number of hydrogen-bond acceptors (Lipinski definition) is 4. The predicted molar refractivity (Wildman–Crippen MR) is 113 cm³/mol. The number of halogens is 1. The fourth-order valence-electron chi connectivity index (χ4n) is 3.33. The summed E-state index contributed by atoms with van der Waals surface area (Å²) >= 11 is 0. The third-order valence-corrected chi connectivity index (χ3v) is 5.98. The molecule has 6 nitrogen and oxygen atoms in total. The monoisotopic (exact) mass is 426 g/mol. The average molecular weight is 426 g/mol. The molecular formula is C22H19FN2O4S. The first-order chi connectivity index (χ1) is 14.1. The topological polar surface area (TPSA) is 81.2 Å². The van der Waals surface area contributed by atoms with Crippen molar-refractivity contribution in [1.29, 1.82) is 0 Å². The van der Waals surface area contributed by atoms with Gasteiger partial charge in [0.1, 0.15) is 11.3 Å². The van der Waals surface area contributed by atoms with Crippen molar-refractivity contribution >= 4 is 20.7 Å². The fourth-order valence-corrected chi connectivity index (χ4v) is 3.98. The summed E-state index contributed by atoms with van der Waals surface area (Å²) in [5, 5.41) is 0.610. The Hall–Kier alpha value is -3.39. The first-order valence-electron chi connectivity index (χ1n) is 9.10. The maximum Gasteiger partial charge on any atom is 0.274 e. The number of H-pyrrole nitrogens is 1. The van der Waals surface area contributed by atoms with Crippen LogP contribution in [0, 0.1) is 12.7 Å². The standard InChI is InChI=1S/C22H19FN2O4S/c1-13-4-6-18(23)20(10-13)29-19-7-5-14(30(3,27)28)11-16(19)17-12-25(2)22(26)21-15(17)8-9-24-21/h4-12,24H,1-3H3. The Morgan fingerprint density at radius 3 is 2.53 bits per heavy atom. The van der Waals surface area contributed by atoms with E-state index in [1.54, 1.807) is 37.6 Å². The van der Waals surface area contributed by atoms with E-state index in [1.807, 2.05) is 6.92 Å². The van der Waals surface area contributed by atoms with Crippen LogP contribution in [-0.2, 0) is 16.9 Å². The number of aromatic amines is 1. The van der Waals surface area contributed by atoms with Gasteiger partial charge in [0, 0.05) is 42.2 Å². The van der Waals surface area contributed by atoms with Crippen LogP contribution in [0.5, 0.6) is 11.5 Å². The molecule has 4 rings (SSSR count). The van der Waals surface area contributed by atoms with Crippen molar-refractivity contribution in [3.8, 4) is 22.6 Å². The van der Waals surface area contributed by atoms with E-state index in [2.05, 4.69) is 4.98 Å². The maximum atomic E-state index is 14.3. The molecule has 2 heterocycles. The predicted octanol–water partition coefficient (Wildman–Crippen LogP) is 4.18. The van der Waals surface area contributed by atoms with Crippen LogP contribution in [0.2, 0.25) is 0 Å². The van der Waals surface area contributed by atoms with Gasteiger partial charge in [-0.3, -0.25) is 4.79 Å². The van der Waals surface area contributed by atoms with E-state index in [0.29, 0.717) is 22.0 Å². The van der Waals surface area contributed by atoms with Crippen molar-refractivity contribution in [3.63, 3.8) is 0 Å². The lowest BCUT2D eigenvalue weighted by atomic mass is 10.0. The molecule has 0 bridgehead atoms. The second-order valence-electron chi connectivity index (χ2n) is 7.19. The molecule has 0 unspecified atom stereocenters. The van der Waals surface area contributed by atoms with Crippen LogP contribution in [0.15, 0.2) is 64.5 Å². The SMILES string of the molecule is Cc1ccc(F)c(Oc2ccc(S(C)(=O)=O)cc2-c2cn(C)c(=O)c3[nH]ccc23)c1. The molecule has 2 aromatic carbocycles. The van der Waals surface area contributed by atoms with Gasteiger partial charge in [0.25, 0.3) is 5.56 Å². The smallest absolute Gasteiger partial charge is 0.274 e. The Labute approximate surface area is 172 Å². The molecule has 8 heteroatoms. The first-order valence-corrected chi connectivity index (χ1v) is 11.0. The van der Waals surface area contributed by atoms with E-state index in [0.717, 1.165) is 11.8 Å². The summed E-state index contributed by atoms with van der Waals surface area (Å²) in [6.45, 7) is 1.82. The normalized spacial score (nSPS) is 11.7. The van der Waals surface area contributed by atoms with Crippen molar-refractivity contribution in [3.05, 3.63) is 76.6 Å². The summed E-state index contributed by atoms with van der Waals surface area (Å²) in [7, 11) is -1.90. The van der Waals surface area contributed by atoms with Crippen LogP contribution in [0.3, 0.4) is 0 Å². The minimum absolute atomic E-state index is 0.0264. The summed E-state index contributed by atoms with van der Waals surface area (Å²) in [4.78, 5) is 15.4. The van der Waals surface area contributed by atoms with E-state index >= 15 is 0 Å². The lowest BCUT2D eigenvalue weighted by Gasteiger charge is -2.15. The van der Waals surface area contributed by atoms with Gasteiger partial charge >= 0.3 is 0 Å². The van der Waals surface area contributed by atoms with Crippen LogP contribution in [0.1, 0.15) is 5.56 Å². The van der Waals surface area contributed by atoms with Gasteiger partial charge in [0.05, 0.1) is 4.90 Å². The van der Waals surface area contributed by atoms with Gasteiger partial charge in [-0.05, 0) is 48.9 Å². The number of sulfone groups is 1. The number of benzene rings is 2. The highest BCUT2D eigenvalue weighted by Crippen LogP contribution is 2.38. The molecule has 0 saturated heterocycles. The third-order valence-electron chi connectivity index (χ3n) is 4.87. The minimum atomic E-state index is -3.50. The lowest BCUT2D eigenvalue weighted by molar-refractivity contribution is 0.443. The zero-order chi connectivity index (χ0) is 21.6.